The van der Waals surface area contributed by atoms with Crippen LogP contribution < -0.4 is 31.0 Å². The molecule has 3 N–H and O–H groups in total. The smallest absolute Gasteiger partial charge is 0.280 e. The summed E-state index contributed by atoms with van der Waals surface area (Å²) >= 11 is 0. The molecule has 4 rings (SSSR count). The summed E-state index contributed by atoms with van der Waals surface area (Å²) in [6, 6.07) is 4.72. The first kappa shape index (κ1) is 23.8. The molecule has 0 aliphatic carbocycles. The predicted molar refractivity (Wildman–Crippen MR) is 125 cm³/mol. The van der Waals surface area contributed by atoms with Crippen LogP contribution in [0.25, 0.3) is 11.3 Å². The van der Waals surface area contributed by atoms with Crippen LogP contribution in [0.2, 0.25) is 0 Å². The minimum atomic E-state index is -4.29. The Kier molecular flexibility index (Phi) is 5.68. The number of hydrogen-bond acceptors (Lipinski definition) is 7. The Hall–Kier alpha value is -3.39. The molecule has 1 aromatic carbocycles. The van der Waals surface area contributed by atoms with Gasteiger partial charge in [-0.25, -0.2) is 25.9 Å². The quantitative estimate of drug-likeness (QED) is 0.443. The van der Waals surface area contributed by atoms with Gasteiger partial charge in [-0.3, -0.25) is 23.5 Å². The van der Waals surface area contributed by atoms with E-state index in [0.717, 1.165) is 29.1 Å². The number of sulfonamides is 2. The zero-order valence-corrected chi connectivity index (χ0v) is 20.0. The summed E-state index contributed by atoms with van der Waals surface area (Å²) in [7, 11) is -7.94. The van der Waals surface area contributed by atoms with Crippen LogP contribution in [0.15, 0.2) is 44.9 Å². The number of nitrogens with one attached hydrogen (secondary N) is 3. The Morgan fingerprint density at radius 1 is 1.18 bits per heavy atom. The number of halogens is 1. The van der Waals surface area contributed by atoms with Crippen molar-refractivity contribution < 1.29 is 21.2 Å². The normalized spacial score (nSPS) is 16.7. The fraction of sp³-hybridized carbons (Fsp3) is 0.300. The minimum Gasteiger partial charge on any atom is -0.339 e. The number of aromatic nitrogens is 2. The zero-order chi connectivity index (χ0) is 25.0. The third kappa shape index (κ3) is 4.37. The number of benzene rings is 1. The molecule has 0 radical (unpaired) electrons. The first-order valence-corrected chi connectivity index (χ1v) is 13.5. The van der Waals surface area contributed by atoms with Gasteiger partial charge in [0.15, 0.2) is 0 Å². The summed E-state index contributed by atoms with van der Waals surface area (Å²) in [4.78, 5) is 26.1. The van der Waals surface area contributed by atoms with E-state index < -0.39 is 42.1 Å². The van der Waals surface area contributed by atoms with E-state index in [0.29, 0.717) is 6.42 Å². The van der Waals surface area contributed by atoms with Crippen LogP contribution in [-0.2, 0) is 26.6 Å². The Bertz CT molecular complexity index is 1710. The Labute approximate surface area is 194 Å². The lowest BCUT2D eigenvalue weighted by molar-refractivity contribution is 0.453. The van der Waals surface area contributed by atoms with Gasteiger partial charge in [0.1, 0.15) is 27.3 Å². The summed E-state index contributed by atoms with van der Waals surface area (Å²) < 4.78 is 69.5. The van der Waals surface area contributed by atoms with Crippen molar-refractivity contribution in [1.29, 1.82) is 0 Å². The highest BCUT2D eigenvalue weighted by Crippen LogP contribution is 2.30. The molecule has 1 aliphatic heterocycles. The molecular formula is C20H22FN5O6S2. The van der Waals surface area contributed by atoms with Crippen LogP contribution >= 0.6 is 0 Å². The van der Waals surface area contributed by atoms with E-state index in [9.17, 15) is 30.8 Å². The Morgan fingerprint density at radius 2 is 1.88 bits per heavy atom. The summed E-state index contributed by atoms with van der Waals surface area (Å²) in [6.45, 7) is 4.05. The summed E-state index contributed by atoms with van der Waals surface area (Å²) in [6.07, 6.45) is 2.50. The maximum absolute atomic E-state index is 14.0. The van der Waals surface area contributed by atoms with E-state index in [4.69, 9.17) is 0 Å². The predicted octanol–water partition coefficient (Wildman–Crippen LogP) is 0.207. The third-order valence-corrected chi connectivity index (χ3v) is 7.17. The lowest BCUT2D eigenvalue weighted by atomic mass is 10.1. The second kappa shape index (κ2) is 8.13. The van der Waals surface area contributed by atoms with E-state index >= 15 is 0 Å². The molecule has 182 valence electrons. The fourth-order valence-electron chi connectivity index (χ4n) is 3.64. The van der Waals surface area contributed by atoms with Gasteiger partial charge in [0.05, 0.1) is 18.1 Å². The van der Waals surface area contributed by atoms with Crippen molar-refractivity contribution in [3.63, 3.8) is 0 Å². The fourth-order valence-corrected chi connectivity index (χ4v) is 5.42. The number of anilines is 2. The number of aryl methyl sites for hydroxylation is 1. The molecule has 3 aromatic rings. The van der Waals surface area contributed by atoms with Crippen LogP contribution in [0, 0.1) is 11.7 Å². The van der Waals surface area contributed by atoms with Gasteiger partial charge in [0, 0.05) is 18.3 Å². The Morgan fingerprint density at radius 3 is 2.53 bits per heavy atom. The zero-order valence-electron chi connectivity index (χ0n) is 18.4. The monoisotopic (exact) mass is 511 g/mol. The topological polar surface area (TPSA) is 148 Å². The number of fused-ring (bicyclic) bond motifs is 2. The second-order valence-corrected chi connectivity index (χ2v) is 11.8. The molecule has 0 spiro atoms. The molecule has 34 heavy (non-hydrogen) atoms. The first-order valence-electron chi connectivity index (χ1n) is 10.2. The van der Waals surface area contributed by atoms with Crippen LogP contribution in [0.3, 0.4) is 0 Å². The molecule has 0 fully saturated rings. The molecule has 0 atom stereocenters. The highest BCUT2D eigenvalue weighted by atomic mass is 32.2. The Balaban J connectivity index is 1.96. The molecule has 0 saturated carbocycles. The highest BCUT2D eigenvalue weighted by Gasteiger charge is 2.28. The van der Waals surface area contributed by atoms with Crippen molar-refractivity contribution >= 4 is 42.8 Å². The van der Waals surface area contributed by atoms with E-state index in [2.05, 4.69) is 14.8 Å². The number of hydrogen-bond donors (Lipinski definition) is 3. The maximum Gasteiger partial charge on any atom is 0.280 e. The molecule has 0 amide bonds. The SMILES string of the molecule is CC(C)CCn1c(=O)/c(=C2\Nc3ccc(NS(C)(=O)=O)cc3S(=O)(=O)N2)c(=O)c2cc(F)cn21. The van der Waals surface area contributed by atoms with Crippen molar-refractivity contribution in [2.24, 2.45) is 5.92 Å². The molecule has 2 aromatic heterocycles. The molecule has 1 aliphatic rings. The van der Waals surface area contributed by atoms with Gasteiger partial charge < -0.3 is 5.32 Å². The van der Waals surface area contributed by atoms with Gasteiger partial charge >= 0.3 is 0 Å². The lowest BCUT2D eigenvalue weighted by Crippen LogP contribution is -2.52. The second-order valence-electron chi connectivity index (χ2n) is 8.39. The summed E-state index contributed by atoms with van der Waals surface area (Å²) in [5.74, 6) is -0.877. The van der Waals surface area contributed by atoms with Gasteiger partial charge in [0.2, 0.25) is 15.5 Å². The largest absolute Gasteiger partial charge is 0.339 e. The molecule has 0 saturated heterocycles. The van der Waals surface area contributed by atoms with Crippen molar-refractivity contribution in [2.45, 2.75) is 31.7 Å². The van der Waals surface area contributed by atoms with Crippen molar-refractivity contribution in [3.8, 4) is 0 Å². The van der Waals surface area contributed by atoms with Gasteiger partial charge in [-0.15, -0.1) is 0 Å². The van der Waals surface area contributed by atoms with Crippen LogP contribution in [0.5, 0.6) is 0 Å². The average molecular weight is 512 g/mol. The molecule has 11 nitrogen and oxygen atoms in total. The van der Waals surface area contributed by atoms with Crippen molar-refractivity contribution in [1.82, 2.24) is 13.9 Å². The molecular weight excluding hydrogens is 489 g/mol. The van der Waals surface area contributed by atoms with Gasteiger partial charge in [0.25, 0.3) is 15.6 Å². The van der Waals surface area contributed by atoms with Crippen LogP contribution in [0.1, 0.15) is 20.3 Å². The van der Waals surface area contributed by atoms with E-state index in [1.54, 1.807) is 0 Å². The third-order valence-electron chi connectivity index (χ3n) is 5.17. The van der Waals surface area contributed by atoms with Gasteiger partial charge in [-0.05, 0) is 30.5 Å². The summed E-state index contributed by atoms with van der Waals surface area (Å²) in [5.41, 5.74) is -1.72. The van der Waals surface area contributed by atoms with Gasteiger partial charge in [-0.2, -0.15) is 0 Å². The molecule has 0 bridgehead atoms. The van der Waals surface area contributed by atoms with Gasteiger partial charge in [-0.1, -0.05) is 13.8 Å². The molecule has 3 heterocycles. The van der Waals surface area contributed by atoms with Crippen LogP contribution in [0.4, 0.5) is 15.8 Å². The summed E-state index contributed by atoms with van der Waals surface area (Å²) in [5, 5.41) is 2.25. The van der Waals surface area contributed by atoms with E-state index in [1.165, 1.54) is 16.8 Å². The van der Waals surface area contributed by atoms with Crippen molar-refractivity contribution in [3.05, 3.63) is 62.1 Å². The molecule has 14 heteroatoms. The van der Waals surface area contributed by atoms with Crippen molar-refractivity contribution in [2.75, 3.05) is 16.3 Å². The minimum absolute atomic E-state index is 0.0162. The number of nitrogens with zero attached hydrogens (tertiary/aromatic N) is 2. The van der Waals surface area contributed by atoms with E-state index in [1.807, 2.05) is 13.8 Å². The highest BCUT2D eigenvalue weighted by molar-refractivity contribution is 7.92. The van der Waals surface area contributed by atoms with Crippen LogP contribution in [-0.4, -0.2) is 32.3 Å². The maximum atomic E-state index is 14.0. The lowest BCUT2D eigenvalue weighted by Gasteiger charge is -2.23. The van der Waals surface area contributed by atoms with E-state index in [-0.39, 0.29) is 40.1 Å². The standard InChI is InChI=1S/C20H22FN5O6S2/c1-11(2)6-7-25-20(28)17(18(27)15-8-12(21)10-26(15)25)19-22-14-5-4-13(23-33(3,29)30)9-16(14)34(31,32)24-19/h4-5,8-11,22-24H,6-7H2,1-3H3/b19-17+. The molecule has 0 unspecified atom stereocenters. The first-order chi connectivity index (χ1) is 15.8. The average Bonchev–Trinajstić information content (AvgIpc) is 3.08. The number of rotatable bonds is 5.